The number of carbonyl (C=O) groups excluding carboxylic acids is 1. The fourth-order valence-corrected chi connectivity index (χ4v) is 2.59. The number of nitrogens with zero attached hydrogens (tertiary/aromatic N) is 2. The molecule has 0 saturated carbocycles. The third-order valence-corrected chi connectivity index (χ3v) is 3.50. The van der Waals surface area contributed by atoms with E-state index in [2.05, 4.69) is 9.97 Å². The van der Waals surface area contributed by atoms with Gasteiger partial charge in [0.25, 0.3) is 0 Å². The maximum absolute atomic E-state index is 13.4. The van der Waals surface area contributed by atoms with Gasteiger partial charge in [0.15, 0.2) is 5.78 Å². The van der Waals surface area contributed by atoms with Gasteiger partial charge in [-0.15, -0.1) is 0 Å². The highest BCUT2D eigenvalue weighted by Crippen LogP contribution is 2.33. The predicted octanol–water partition coefficient (Wildman–Crippen LogP) is 4.29. The Morgan fingerprint density at radius 3 is 2.76 bits per heavy atom. The van der Waals surface area contributed by atoms with E-state index in [0.717, 1.165) is 0 Å². The lowest BCUT2D eigenvalue weighted by molar-refractivity contribution is 0.101. The third-order valence-electron chi connectivity index (χ3n) is 3.13. The summed E-state index contributed by atoms with van der Waals surface area (Å²) in [5.74, 6) is -0.634. The van der Waals surface area contributed by atoms with Crippen molar-refractivity contribution < 1.29 is 9.18 Å². The summed E-state index contributed by atoms with van der Waals surface area (Å²) in [5.41, 5.74) is 2.16. The molecule has 0 atom stereocenters. The minimum atomic E-state index is -0.397. The molecule has 3 rings (SSSR count). The number of Topliss-reactive ketones (excluding diaryl/α,β-unsaturated/α-hetero) is 1. The minimum absolute atomic E-state index is 0.237. The van der Waals surface area contributed by atoms with Crippen molar-refractivity contribution in [3.8, 4) is 11.3 Å². The van der Waals surface area contributed by atoms with E-state index in [1.54, 1.807) is 30.5 Å². The number of aromatic nitrogens is 2. The molecule has 0 unspecified atom stereocenters. The largest absolute Gasteiger partial charge is 0.294 e. The second-order valence-corrected chi connectivity index (χ2v) is 4.97. The number of hydrogen-bond acceptors (Lipinski definition) is 3. The molecule has 2 heterocycles. The van der Waals surface area contributed by atoms with Gasteiger partial charge >= 0.3 is 0 Å². The third kappa shape index (κ3) is 2.38. The summed E-state index contributed by atoms with van der Waals surface area (Å²) in [6.07, 6.45) is 1.58. The molecule has 0 spiro atoms. The summed E-state index contributed by atoms with van der Waals surface area (Å²) >= 11 is 6.31. The number of halogens is 2. The van der Waals surface area contributed by atoms with Crippen LogP contribution in [-0.4, -0.2) is 15.8 Å². The van der Waals surface area contributed by atoms with Gasteiger partial charge in [0.2, 0.25) is 0 Å². The van der Waals surface area contributed by atoms with Crippen molar-refractivity contribution in [2.75, 3.05) is 0 Å². The normalized spacial score (nSPS) is 10.8. The smallest absolute Gasteiger partial charge is 0.163 e. The number of carbonyl (C=O) groups is 1. The van der Waals surface area contributed by atoms with Crippen LogP contribution < -0.4 is 0 Å². The van der Waals surface area contributed by atoms with Crippen LogP contribution in [0.1, 0.15) is 17.3 Å². The van der Waals surface area contributed by atoms with E-state index in [4.69, 9.17) is 11.6 Å². The summed E-state index contributed by atoms with van der Waals surface area (Å²) in [6.45, 7) is 1.40. The summed E-state index contributed by atoms with van der Waals surface area (Å²) in [6, 6.07) is 9.40. The highest BCUT2D eigenvalue weighted by molar-refractivity contribution is 6.38. The molecule has 0 saturated heterocycles. The van der Waals surface area contributed by atoms with Crippen molar-refractivity contribution >= 4 is 28.4 Å². The molecule has 0 aliphatic rings. The van der Waals surface area contributed by atoms with E-state index in [1.165, 1.54) is 19.1 Å². The van der Waals surface area contributed by atoms with Gasteiger partial charge in [-0.1, -0.05) is 23.7 Å². The van der Waals surface area contributed by atoms with Crippen LogP contribution in [0.3, 0.4) is 0 Å². The second-order valence-electron chi connectivity index (χ2n) is 4.59. The number of benzene rings is 1. The van der Waals surface area contributed by atoms with Crippen molar-refractivity contribution in [1.29, 1.82) is 0 Å². The van der Waals surface area contributed by atoms with Crippen LogP contribution in [0.4, 0.5) is 4.39 Å². The minimum Gasteiger partial charge on any atom is -0.294 e. The molecule has 104 valence electrons. The SMILES string of the molecule is CC(=O)c1c(-c2cccc(F)c2)nc2cccnc2c1Cl. The topological polar surface area (TPSA) is 42.9 Å². The molecule has 0 aliphatic heterocycles. The van der Waals surface area contributed by atoms with Crippen LogP contribution in [0.25, 0.3) is 22.3 Å². The number of ketones is 1. The zero-order chi connectivity index (χ0) is 15.0. The Morgan fingerprint density at radius 2 is 2.05 bits per heavy atom. The lowest BCUT2D eigenvalue weighted by Crippen LogP contribution is -2.02. The number of pyridine rings is 2. The number of fused-ring (bicyclic) bond motifs is 1. The van der Waals surface area contributed by atoms with Crippen molar-refractivity contribution in [1.82, 2.24) is 9.97 Å². The Hall–Kier alpha value is -2.33. The number of rotatable bonds is 2. The molecular weight excluding hydrogens is 291 g/mol. The van der Waals surface area contributed by atoms with Crippen molar-refractivity contribution in [2.45, 2.75) is 6.92 Å². The van der Waals surface area contributed by atoms with E-state index in [-0.39, 0.29) is 16.4 Å². The molecule has 3 nitrogen and oxygen atoms in total. The van der Waals surface area contributed by atoms with Crippen LogP contribution in [0.2, 0.25) is 5.02 Å². The average molecular weight is 301 g/mol. The van der Waals surface area contributed by atoms with Crippen LogP contribution in [0.15, 0.2) is 42.6 Å². The lowest BCUT2D eigenvalue weighted by atomic mass is 10.0. The first-order valence-electron chi connectivity index (χ1n) is 6.29. The molecule has 2 aromatic heterocycles. The maximum atomic E-state index is 13.4. The van der Waals surface area contributed by atoms with Crippen molar-refractivity contribution in [3.63, 3.8) is 0 Å². The van der Waals surface area contributed by atoms with E-state index in [1.807, 2.05) is 0 Å². The first-order valence-corrected chi connectivity index (χ1v) is 6.67. The van der Waals surface area contributed by atoms with Gasteiger partial charge in [-0.05, 0) is 31.2 Å². The highest BCUT2D eigenvalue weighted by atomic mass is 35.5. The summed E-state index contributed by atoms with van der Waals surface area (Å²) in [4.78, 5) is 20.5. The van der Waals surface area contributed by atoms with Gasteiger partial charge in [-0.2, -0.15) is 0 Å². The van der Waals surface area contributed by atoms with Crippen molar-refractivity contribution in [2.24, 2.45) is 0 Å². The van der Waals surface area contributed by atoms with E-state index >= 15 is 0 Å². The van der Waals surface area contributed by atoms with Gasteiger partial charge in [-0.3, -0.25) is 9.78 Å². The van der Waals surface area contributed by atoms with E-state index in [9.17, 15) is 9.18 Å². The maximum Gasteiger partial charge on any atom is 0.163 e. The highest BCUT2D eigenvalue weighted by Gasteiger charge is 2.19. The summed E-state index contributed by atoms with van der Waals surface area (Å²) in [5, 5.41) is 0.243. The Balaban J connectivity index is 2.40. The zero-order valence-corrected chi connectivity index (χ0v) is 11.9. The van der Waals surface area contributed by atoms with E-state index in [0.29, 0.717) is 22.3 Å². The first-order chi connectivity index (χ1) is 10.1. The molecule has 0 bridgehead atoms. The van der Waals surface area contributed by atoms with Gasteiger partial charge in [0.05, 0.1) is 21.8 Å². The monoisotopic (exact) mass is 300 g/mol. The second kappa shape index (κ2) is 5.22. The fraction of sp³-hybridized carbons (Fsp3) is 0.0625. The Morgan fingerprint density at radius 1 is 1.24 bits per heavy atom. The quantitative estimate of drug-likeness (QED) is 0.663. The Kier molecular flexibility index (Phi) is 3.39. The molecule has 0 fully saturated rings. The first kappa shape index (κ1) is 13.6. The zero-order valence-electron chi connectivity index (χ0n) is 11.1. The summed E-state index contributed by atoms with van der Waals surface area (Å²) < 4.78 is 13.4. The Labute approximate surface area is 125 Å². The summed E-state index contributed by atoms with van der Waals surface area (Å²) in [7, 11) is 0. The molecule has 0 aliphatic carbocycles. The molecule has 3 aromatic rings. The van der Waals surface area contributed by atoms with Crippen LogP contribution in [0.5, 0.6) is 0 Å². The molecule has 0 N–H and O–H groups in total. The standard InChI is InChI=1S/C16H10ClFN2O/c1-9(21)13-14(17)16-12(6-3-7-19-16)20-15(13)10-4-2-5-11(18)8-10/h2-8H,1H3. The fourth-order valence-electron chi connectivity index (χ4n) is 2.22. The lowest BCUT2D eigenvalue weighted by Gasteiger charge is -2.11. The molecular formula is C16H10ClFN2O. The predicted molar refractivity (Wildman–Crippen MR) is 79.9 cm³/mol. The van der Waals surface area contributed by atoms with Crippen LogP contribution in [-0.2, 0) is 0 Å². The molecule has 21 heavy (non-hydrogen) atoms. The van der Waals surface area contributed by atoms with E-state index < -0.39 is 5.82 Å². The van der Waals surface area contributed by atoms with Crippen LogP contribution in [0, 0.1) is 5.82 Å². The van der Waals surface area contributed by atoms with Crippen LogP contribution >= 0.6 is 11.6 Å². The van der Waals surface area contributed by atoms with Crippen molar-refractivity contribution in [3.05, 3.63) is 59.0 Å². The number of hydrogen-bond donors (Lipinski definition) is 0. The van der Waals surface area contributed by atoms with Gasteiger partial charge in [0, 0.05) is 11.8 Å². The van der Waals surface area contributed by atoms with Gasteiger partial charge in [0.1, 0.15) is 11.3 Å². The van der Waals surface area contributed by atoms with Gasteiger partial charge < -0.3 is 0 Å². The van der Waals surface area contributed by atoms with Gasteiger partial charge in [-0.25, -0.2) is 9.37 Å². The average Bonchev–Trinajstić information content (AvgIpc) is 2.46. The Bertz CT molecular complexity index is 864. The molecule has 5 heteroatoms. The molecule has 0 amide bonds. The molecule has 0 radical (unpaired) electrons. The molecule has 1 aromatic carbocycles.